The Bertz CT molecular complexity index is 777. The van der Waals surface area contributed by atoms with Crippen LogP contribution in [0.2, 0.25) is 0 Å². The second-order valence-electron chi connectivity index (χ2n) is 4.07. The summed E-state index contributed by atoms with van der Waals surface area (Å²) >= 11 is 0. The minimum Gasteiger partial charge on any atom is -0.482 e. The van der Waals surface area contributed by atoms with Crippen molar-refractivity contribution in [2.24, 2.45) is 0 Å². The lowest BCUT2D eigenvalue weighted by Crippen LogP contribution is -2.07. The quantitative estimate of drug-likeness (QED) is 0.802. The third-order valence-electron chi connectivity index (χ3n) is 2.58. The highest BCUT2D eigenvalue weighted by atomic mass is 16.5. The Morgan fingerprint density at radius 2 is 1.95 bits per heavy atom. The average Bonchev–Trinajstić information content (AvgIpc) is 2.52. The van der Waals surface area contributed by atoms with Gasteiger partial charge >= 0.3 is 0 Å². The van der Waals surface area contributed by atoms with Crippen molar-refractivity contribution in [1.82, 2.24) is 0 Å². The van der Waals surface area contributed by atoms with E-state index in [0.717, 1.165) is 5.56 Å². The molecule has 0 N–H and O–H groups in total. The summed E-state index contributed by atoms with van der Waals surface area (Å²) in [5, 5.41) is 17.3. The van der Waals surface area contributed by atoms with Gasteiger partial charge in [0.2, 0.25) is 11.2 Å². The van der Waals surface area contributed by atoms with E-state index in [1.165, 1.54) is 18.4 Å². The predicted octanol–water partition coefficient (Wildman–Crippen LogP) is 2.65. The minimum atomic E-state index is -0.376. The predicted molar refractivity (Wildman–Crippen MR) is 75.0 cm³/mol. The van der Waals surface area contributed by atoms with Crippen LogP contribution in [0, 0.1) is 22.7 Å². The number of rotatable bonds is 4. The number of hydrogen-bond acceptors (Lipinski definition) is 5. The second-order valence-corrected chi connectivity index (χ2v) is 4.07. The zero-order chi connectivity index (χ0) is 15.1. The SMILES string of the molecule is N#CC(C#N)=Cc1cc(=O)c(OCc2ccccc2)co1. The average molecular weight is 278 g/mol. The first-order chi connectivity index (χ1) is 10.2. The van der Waals surface area contributed by atoms with Crippen LogP contribution in [0.15, 0.2) is 57.4 Å². The Labute approximate surface area is 120 Å². The maximum atomic E-state index is 11.8. The zero-order valence-electron chi connectivity index (χ0n) is 10.9. The van der Waals surface area contributed by atoms with E-state index in [2.05, 4.69) is 0 Å². The number of nitrogens with zero attached hydrogens (tertiary/aromatic N) is 2. The van der Waals surface area contributed by atoms with Gasteiger partial charge in [0.25, 0.3) is 0 Å². The van der Waals surface area contributed by atoms with Crippen LogP contribution < -0.4 is 10.2 Å². The molecule has 0 saturated carbocycles. The molecule has 102 valence electrons. The summed E-state index contributed by atoms with van der Waals surface area (Å²) in [6.07, 6.45) is 2.37. The molecule has 0 aliphatic rings. The van der Waals surface area contributed by atoms with Crippen LogP contribution in [0.25, 0.3) is 6.08 Å². The lowest BCUT2D eigenvalue weighted by Gasteiger charge is -2.04. The third-order valence-corrected chi connectivity index (χ3v) is 2.58. The molecule has 0 aliphatic heterocycles. The van der Waals surface area contributed by atoms with Crippen molar-refractivity contribution in [3.05, 3.63) is 69.8 Å². The maximum absolute atomic E-state index is 11.8. The number of hydrogen-bond donors (Lipinski definition) is 0. The van der Waals surface area contributed by atoms with Crippen LogP contribution in [0.5, 0.6) is 5.75 Å². The monoisotopic (exact) mass is 278 g/mol. The van der Waals surface area contributed by atoms with Crippen LogP contribution in [0.3, 0.4) is 0 Å². The summed E-state index contributed by atoms with van der Waals surface area (Å²) in [6, 6.07) is 14.0. The maximum Gasteiger partial charge on any atom is 0.227 e. The fourth-order valence-corrected chi connectivity index (χ4v) is 1.56. The normalized spacial score (nSPS) is 9.24. The molecule has 5 nitrogen and oxygen atoms in total. The molecule has 0 amide bonds. The molecule has 0 bridgehead atoms. The molecule has 1 aromatic carbocycles. The van der Waals surface area contributed by atoms with E-state index in [-0.39, 0.29) is 29.1 Å². The van der Waals surface area contributed by atoms with Gasteiger partial charge < -0.3 is 9.15 Å². The van der Waals surface area contributed by atoms with Gasteiger partial charge in [-0.3, -0.25) is 4.79 Å². The third kappa shape index (κ3) is 3.82. The molecular formula is C16H10N2O3. The molecule has 0 fully saturated rings. The van der Waals surface area contributed by atoms with Gasteiger partial charge in [0.15, 0.2) is 0 Å². The van der Waals surface area contributed by atoms with E-state index >= 15 is 0 Å². The molecule has 0 atom stereocenters. The van der Waals surface area contributed by atoms with Crippen molar-refractivity contribution >= 4 is 6.08 Å². The van der Waals surface area contributed by atoms with Crippen LogP contribution in [0.1, 0.15) is 11.3 Å². The van der Waals surface area contributed by atoms with Gasteiger partial charge in [-0.25, -0.2) is 0 Å². The molecule has 0 unspecified atom stereocenters. The summed E-state index contributed by atoms with van der Waals surface area (Å²) in [7, 11) is 0. The highest BCUT2D eigenvalue weighted by Crippen LogP contribution is 2.11. The van der Waals surface area contributed by atoms with E-state index in [1.807, 2.05) is 30.3 Å². The standard InChI is InChI=1S/C16H10N2O3/c17-8-13(9-18)6-14-7-15(19)16(11-20-14)21-10-12-4-2-1-3-5-12/h1-7,11H,10H2. The topological polar surface area (TPSA) is 87.0 Å². The minimum absolute atomic E-state index is 0.0754. The lowest BCUT2D eigenvalue weighted by molar-refractivity contribution is 0.291. The van der Waals surface area contributed by atoms with Gasteiger partial charge in [-0.15, -0.1) is 0 Å². The lowest BCUT2D eigenvalue weighted by atomic mass is 10.2. The highest BCUT2D eigenvalue weighted by Gasteiger charge is 2.05. The molecule has 0 radical (unpaired) electrons. The van der Waals surface area contributed by atoms with Crippen molar-refractivity contribution in [1.29, 1.82) is 10.5 Å². The highest BCUT2D eigenvalue weighted by molar-refractivity contribution is 5.58. The fraction of sp³-hybridized carbons (Fsp3) is 0.0625. The van der Waals surface area contributed by atoms with E-state index in [1.54, 1.807) is 12.1 Å². The summed E-state index contributed by atoms with van der Waals surface area (Å²) in [5.41, 5.74) is 0.409. The summed E-state index contributed by atoms with van der Waals surface area (Å²) in [6.45, 7) is 0.252. The Hall–Kier alpha value is -3.31. The smallest absolute Gasteiger partial charge is 0.227 e. The molecule has 2 aromatic rings. The molecule has 5 heteroatoms. The summed E-state index contributed by atoms with van der Waals surface area (Å²) in [5.74, 6) is 0.205. The van der Waals surface area contributed by atoms with E-state index in [4.69, 9.17) is 19.7 Å². The fourth-order valence-electron chi connectivity index (χ4n) is 1.56. The van der Waals surface area contributed by atoms with Gasteiger partial charge in [-0.2, -0.15) is 10.5 Å². The Morgan fingerprint density at radius 1 is 1.24 bits per heavy atom. The molecular weight excluding hydrogens is 268 g/mol. The number of allylic oxidation sites excluding steroid dienone is 1. The molecule has 1 heterocycles. The van der Waals surface area contributed by atoms with Crippen LogP contribution in [-0.4, -0.2) is 0 Å². The molecule has 0 aliphatic carbocycles. The second kappa shape index (κ2) is 6.74. The van der Waals surface area contributed by atoms with Gasteiger partial charge in [0.05, 0.1) is 0 Å². The first kappa shape index (κ1) is 14.1. The molecule has 21 heavy (non-hydrogen) atoms. The molecule has 0 spiro atoms. The van der Waals surface area contributed by atoms with Crippen molar-refractivity contribution in [3.63, 3.8) is 0 Å². The molecule has 2 rings (SSSR count). The number of ether oxygens (including phenoxy) is 1. The van der Waals surface area contributed by atoms with Crippen molar-refractivity contribution < 1.29 is 9.15 Å². The number of nitriles is 2. The Morgan fingerprint density at radius 3 is 2.57 bits per heavy atom. The van der Waals surface area contributed by atoms with Gasteiger partial charge in [-0.1, -0.05) is 30.3 Å². The summed E-state index contributed by atoms with van der Waals surface area (Å²) < 4.78 is 10.5. The van der Waals surface area contributed by atoms with E-state index in [9.17, 15) is 4.79 Å². The summed E-state index contributed by atoms with van der Waals surface area (Å²) in [4.78, 5) is 11.8. The molecule has 1 aromatic heterocycles. The zero-order valence-corrected chi connectivity index (χ0v) is 10.9. The number of benzene rings is 1. The van der Waals surface area contributed by atoms with Gasteiger partial charge in [0.1, 0.15) is 36.3 Å². The van der Waals surface area contributed by atoms with E-state index < -0.39 is 0 Å². The van der Waals surface area contributed by atoms with Crippen LogP contribution in [0.4, 0.5) is 0 Å². The van der Waals surface area contributed by atoms with Crippen molar-refractivity contribution in [2.45, 2.75) is 6.61 Å². The Kier molecular flexibility index (Phi) is 4.53. The first-order valence-electron chi connectivity index (χ1n) is 6.04. The van der Waals surface area contributed by atoms with Crippen LogP contribution >= 0.6 is 0 Å². The van der Waals surface area contributed by atoms with Gasteiger partial charge in [-0.05, 0) is 5.56 Å². The Balaban J connectivity index is 2.14. The molecule has 0 saturated heterocycles. The van der Waals surface area contributed by atoms with Crippen molar-refractivity contribution in [3.8, 4) is 17.9 Å². The largest absolute Gasteiger partial charge is 0.482 e. The van der Waals surface area contributed by atoms with E-state index in [0.29, 0.717) is 0 Å². The van der Waals surface area contributed by atoms with Crippen molar-refractivity contribution in [2.75, 3.05) is 0 Å². The van der Waals surface area contributed by atoms with Gasteiger partial charge in [0, 0.05) is 12.1 Å². The first-order valence-corrected chi connectivity index (χ1v) is 6.04. The van der Waals surface area contributed by atoms with Crippen LogP contribution in [-0.2, 0) is 6.61 Å².